The predicted molar refractivity (Wildman–Crippen MR) is 87.4 cm³/mol. The molecule has 0 radical (unpaired) electrons. The van der Waals surface area contributed by atoms with Crippen LogP contribution in [0.2, 0.25) is 0 Å². The van der Waals surface area contributed by atoms with Crippen LogP contribution in [-0.2, 0) is 6.54 Å². The molecule has 0 atom stereocenters. The molecule has 112 valence electrons. The van der Waals surface area contributed by atoms with Gasteiger partial charge in [0.2, 0.25) is 0 Å². The van der Waals surface area contributed by atoms with Crippen LogP contribution in [0.5, 0.6) is 5.19 Å². The molecular formula is C16H21N3OS. The predicted octanol–water partition coefficient (Wildman–Crippen LogP) is 3.38. The van der Waals surface area contributed by atoms with E-state index in [-0.39, 0.29) is 0 Å². The molecule has 0 unspecified atom stereocenters. The topological polar surface area (TPSA) is 47.0 Å². The van der Waals surface area contributed by atoms with E-state index in [9.17, 15) is 0 Å². The van der Waals surface area contributed by atoms with Gasteiger partial charge in [-0.15, -0.1) is 5.10 Å². The standard InChI is InChI=1S/C16H21N3OS/c1-13(2)11-17-12-15-18-19-16(21-15)20-10-6-9-14-7-4-3-5-8-14/h3-9,13,17H,10-12H2,1-2H3/b9-6+. The summed E-state index contributed by atoms with van der Waals surface area (Å²) in [6.45, 7) is 6.60. The Bertz CT molecular complexity index is 552. The zero-order valence-corrected chi connectivity index (χ0v) is 13.3. The summed E-state index contributed by atoms with van der Waals surface area (Å²) in [5.41, 5.74) is 1.16. The minimum Gasteiger partial charge on any atom is -0.465 e. The lowest BCUT2D eigenvalue weighted by molar-refractivity contribution is 0.358. The van der Waals surface area contributed by atoms with Gasteiger partial charge in [-0.2, -0.15) is 0 Å². The zero-order chi connectivity index (χ0) is 14.9. The van der Waals surface area contributed by atoms with Gasteiger partial charge in [0, 0.05) is 6.54 Å². The SMILES string of the molecule is CC(C)CNCc1nnc(OC/C=C/c2ccccc2)s1. The molecule has 1 aromatic carbocycles. The van der Waals surface area contributed by atoms with Crippen molar-refractivity contribution in [3.63, 3.8) is 0 Å². The molecule has 0 saturated carbocycles. The van der Waals surface area contributed by atoms with E-state index in [1.807, 2.05) is 30.4 Å². The second kappa shape index (κ2) is 8.54. The molecule has 0 saturated heterocycles. The van der Waals surface area contributed by atoms with Crippen molar-refractivity contribution < 1.29 is 4.74 Å². The van der Waals surface area contributed by atoms with E-state index in [1.165, 1.54) is 11.3 Å². The molecule has 21 heavy (non-hydrogen) atoms. The fourth-order valence-electron chi connectivity index (χ4n) is 1.70. The Kier molecular flexibility index (Phi) is 6.37. The summed E-state index contributed by atoms with van der Waals surface area (Å²) in [5, 5.41) is 13.1. The molecular weight excluding hydrogens is 282 g/mol. The van der Waals surface area contributed by atoms with Crippen LogP contribution in [0.3, 0.4) is 0 Å². The van der Waals surface area contributed by atoms with Crippen molar-refractivity contribution in [2.75, 3.05) is 13.2 Å². The highest BCUT2D eigenvalue weighted by molar-refractivity contribution is 7.13. The highest BCUT2D eigenvalue weighted by Gasteiger charge is 2.04. The third kappa shape index (κ3) is 6.06. The summed E-state index contributed by atoms with van der Waals surface area (Å²) < 4.78 is 5.57. The van der Waals surface area contributed by atoms with Crippen molar-refractivity contribution in [2.24, 2.45) is 5.92 Å². The smallest absolute Gasteiger partial charge is 0.294 e. The maximum absolute atomic E-state index is 5.57. The van der Waals surface area contributed by atoms with Gasteiger partial charge in [0.15, 0.2) is 0 Å². The largest absolute Gasteiger partial charge is 0.465 e. The normalized spacial score (nSPS) is 11.4. The van der Waals surface area contributed by atoms with Gasteiger partial charge in [0.05, 0.1) is 0 Å². The minimum atomic E-state index is 0.503. The summed E-state index contributed by atoms with van der Waals surface area (Å²) in [5.74, 6) is 0.636. The fourth-order valence-corrected chi connectivity index (χ4v) is 2.37. The summed E-state index contributed by atoms with van der Waals surface area (Å²) >= 11 is 1.49. The number of hydrogen-bond acceptors (Lipinski definition) is 5. The van der Waals surface area contributed by atoms with Gasteiger partial charge in [-0.1, -0.05) is 66.7 Å². The van der Waals surface area contributed by atoms with Crippen LogP contribution in [0.25, 0.3) is 6.08 Å². The van der Waals surface area contributed by atoms with E-state index in [0.29, 0.717) is 17.7 Å². The Morgan fingerprint density at radius 1 is 1.24 bits per heavy atom. The molecule has 0 aliphatic heterocycles. The van der Waals surface area contributed by atoms with Crippen LogP contribution in [0.4, 0.5) is 0 Å². The fraction of sp³-hybridized carbons (Fsp3) is 0.375. The van der Waals surface area contributed by atoms with Crippen molar-refractivity contribution >= 4 is 17.4 Å². The number of hydrogen-bond donors (Lipinski definition) is 1. The monoisotopic (exact) mass is 303 g/mol. The number of nitrogens with one attached hydrogen (secondary N) is 1. The van der Waals surface area contributed by atoms with E-state index >= 15 is 0 Å². The Morgan fingerprint density at radius 3 is 2.81 bits per heavy atom. The molecule has 1 N–H and O–H groups in total. The third-order valence-corrected chi connectivity index (χ3v) is 3.53. The number of benzene rings is 1. The lowest BCUT2D eigenvalue weighted by Gasteiger charge is -2.03. The van der Waals surface area contributed by atoms with Gasteiger partial charge in [-0.25, -0.2) is 0 Å². The van der Waals surface area contributed by atoms with Gasteiger partial charge >= 0.3 is 0 Å². The molecule has 0 bridgehead atoms. The minimum absolute atomic E-state index is 0.503. The van der Waals surface area contributed by atoms with Gasteiger partial charge in [-0.3, -0.25) is 0 Å². The maximum atomic E-state index is 5.57. The van der Waals surface area contributed by atoms with Crippen LogP contribution in [0.15, 0.2) is 36.4 Å². The van der Waals surface area contributed by atoms with Crippen LogP contribution in [-0.4, -0.2) is 23.3 Å². The third-order valence-electron chi connectivity index (χ3n) is 2.69. The van der Waals surface area contributed by atoms with E-state index in [4.69, 9.17) is 4.74 Å². The Balaban J connectivity index is 1.71. The Labute approximate surface area is 129 Å². The first-order valence-electron chi connectivity index (χ1n) is 7.11. The lowest BCUT2D eigenvalue weighted by Crippen LogP contribution is -2.18. The van der Waals surface area contributed by atoms with Crippen molar-refractivity contribution in [3.05, 3.63) is 47.0 Å². The van der Waals surface area contributed by atoms with Crippen LogP contribution in [0.1, 0.15) is 24.4 Å². The van der Waals surface area contributed by atoms with Crippen molar-refractivity contribution in [1.82, 2.24) is 15.5 Å². The number of rotatable bonds is 8. The lowest BCUT2D eigenvalue weighted by atomic mass is 10.2. The molecule has 2 aromatic rings. The quantitative estimate of drug-likeness (QED) is 0.812. The van der Waals surface area contributed by atoms with Crippen LogP contribution < -0.4 is 10.1 Å². The first kappa shape index (κ1) is 15.7. The summed E-state index contributed by atoms with van der Waals surface area (Å²) in [4.78, 5) is 0. The molecule has 0 fully saturated rings. The number of aromatic nitrogens is 2. The van der Waals surface area contributed by atoms with Crippen molar-refractivity contribution in [1.29, 1.82) is 0 Å². The van der Waals surface area contributed by atoms with Gasteiger partial charge in [0.25, 0.3) is 5.19 Å². The molecule has 0 amide bonds. The molecule has 0 spiro atoms. The second-order valence-corrected chi connectivity index (χ2v) is 6.14. The first-order valence-corrected chi connectivity index (χ1v) is 7.93. The van der Waals surface area contributed by atoms with Gasteiger partial charge in [0.1, 0.15) is 11.6 Å². The van der Waals surface area contributed by atoms with Gasteiger partial charge < -0.3 is 10.1 Å². The number of nitrogens with zero attached hydrogens (tertiary/aromatic N) is 2. The molecule has 5 heteroatoms. The molecule has 1 heterocycles. The van der Waals surface area contributed by atoms with E-state index in [1.54, 1.807) is 0 Å². The molecule has 0 aliphatic carbocycles. The highest BCUT2D eigenvalue weighted by Crippen LogP contribution is 2.17. The molecule has 0 aliphatic rings. The maximum Gasteiger partial charge on any atom is 0.294 e. The average molecular weight is 303 g/mol. The summed E-state index contributed by atoms with van der Waals surface area (Å²) in [6, 6.07) is 10.1. The molecule has 1 aromatic heterocycles. The van der Waals surface area contributed by atoms with E-state index in [0.717, 1.165) is 23.7 Å². The van der Waals surface area contributed by atoms with Crippen LogP contribution in [0, 0.1) is 5.92 Å². The van der Waals surface area contributed by atoms with E-state index in [2.05, 4.69) is 41.5 Å². The first-order chi connectivity index (χ1) is 10.2. The summed E-state index contributed by atoms with van der Waals surface area (Å²) in [7, 11) is 0. The summed E-state index contributed by atoms with van der Waals surface area (Å²) in [6.07, 6.45) is 4.01. The number of ether oxygens (including phenoxy) is 1. The van der Waals surface area contributed by atoms with Crippen LogP contribution >= 0.6 is 11.3 Å². The van der Waals surface area contributed by atoms with E-state index < -0.39 is 0 Å². The highest BCUT2D eigenvalue weighted by atomic mass is 32.1. The second-order valence-electron chi connectivity index (χ2n) is 5.11. The average Bonchev–Trinajstić information content (AvgIpc) is 2.92. The Morgan fingerprint density at radius 2 is 2.05 bits per heavy atom. The molecule has 4 nitrogen and oxygen atoms in total. The van der Waals surface area contributed by atoms with Crippen molar-refractivity contribution in [3.8, 4) is 5.19 Å². The zero-order valence-electron chi connectivity index (χ0n) is 12.5. The van der Waals surface area contributed by atoms with Crippen molar-refractivity contribution in [2.45, 2.75) is 20.4 Å². The van der Waals surface area contributed by atoms with Gasteiger partial charge in [-0.05, 0) is 24.1 Å². The molecule has 2 rings (SSSR count). The Hall–Kier alpha value is -1.72.